The van der Waals surface area contributed by atoms with Crippen molar-refractivity contribution in [3.05, 3.63) is 48.5 Å². The first-order valence-electron chi connectivity index (χ1n) is 11.0. The Morgan fingerprint density at radius 2 is 1.62 bits per heavy atom. The number of fused-ring (bicyclic) bond motifs is 1. The molecule has 0 aliphatic carbocycles. The number of nitrogens with zero attached hydrogens (tertiary/aromatic N) is 3. The summed E-state index contributed by atoms with van der Waals surface area (Å²) in [6, 6.07) is 13.0. The number of carbonyl (C=O) groups is 1. The minimum absolute atomic E-state index is 0.107. The number of aromatic nitrogens is 1. The van der Waals surface area contributed by atoms with Crippen molar-refractivity contribution >= 4 is 52.3 Å². The number of carbonyl (C=O) groups excluding carboxylic acids is 1. The van der Waals surface area contributed by atoms with E-state index in [1.807, 2.05) is 13.8 Å². The summed E-state index contributed by atoms with van der Waals surface area (Å²) >= 11 is 1.22. The minimum Gasteiger partial charge on any atom is -0.302 e. The molecule has 0 bridgehead atoms. The average molecular weight is 524 g/mol. The third-order valence-corrected chi connectivity index (χ3v) is 9.43. The van der Waals surface area contributed by atoms with Crippen molar-refractivity contribution in [1.29, 1.82) is 0 Å². The summed E-state index contributed by atoms with van der Waals surface area (Å²) in [5.74, 6) is -0.691. The van der Waals surface area contributed by atoms with Crippen LogP contribution in [-0.4, -0.2) is 70.8 Å². The smallest absolute Gasteiger partial charge is 0.229 e. The van der Waals surface area contributed by atoms with E-state index < -0.39 is 19.7 Å². The van der Waals surface area contributed by atoms with Gasteiger partial charge in [-0.2, -0.15) is 0 Å². The zero-order valence-electron chi connectivity index (χ0n) is 19.5. The van der Waals surface area contributed by atoms with Crippen LogP contribution in [0.3, 0.4) is 0 Å². The highest BCUT2D eigenvalue weighted by Crippen LogP contribution is 2.33. The van der Waals surface area contributed by atoms with Crippen molar-refractivity contribution in [1.82, 2.24) is 9.88 Å². The largest absolute Gasteiger partial charge is 0.302 e. The topological polar surface area (TPSA) is 105 Å². The van der Waals surface area contributed by atoms with Gasteiger partial charge in [0.15, 0.2) is 24.8 Å². The molecule has 0 saturated heterocycles. The van der Waals surface area contributed by atoms with Crippen molar-refractivity contribution in [3.8, 4) is 0 Å². The number of hydrogen-bond acceptors (Lipinski definition) is 8. The van der Waals surface area contributed by atoms with Crippen LogP contribution in [0.25, 0.3) is 10.2 Å². The van der Waals surface area contributed by atoms with Gasteiger partial charge in [-0.25, -0.2) is 21.8 Å². The minimum atomic E-state index is -3.62. The zero-order valence-corrected chi connectivity index (χ0v) is 21.9. The van der Waals surface area contributed by atoms with Crippen LogP contribution < -0.4 is 4.90 Å². The Kier molecular flexibility index (Phi) is 8.45. The summed E-state index contributed by atoms with van der Waals surface area (Å²) in [5, 5.41) is 0.361. The first kappa shape index (κ1) is 26.3. The molecule has 3 aromatic rings. The third kappa shape index (κ3) is 6.21. The fourth-order valence-electron chi connectivity index (χ4n) is 3.54. The van der Waals surface area contributed by atoms with Gasteiger partial charge in [0.1, 0.15) is 5.52 Å². The number of rotatable bonds is 11. The molecule has 11 heteroatoms. The molecule has 1 aromatic heterocycles. The molecule has 2 aromatic carbocycles. The summed E-state index contributed by atoms with van der Waals surface area (Å²) in [6.07, 6.45) is 0.920. The lowest BCUT2D eigenvalue weighted by Gasteiger charge is -2.24. The molecule has 184 valence electrons. The molecular weight excluding hydrogens is 494 g/mol. The van der Waals surface area contributed by atoms with Crippen LogP contribution >= 0.6 is 11.3 Å². The van der Waals surface area contributed by atoms with Gasteiger partial charge in [-0.05, 0) is 37.4 Å². The molecule has 1 amide bonds. The van der Waals surface area contributed by atoms with Gasteiger partial charge in [-0.3, -0.25) is 9.69 Å². The maximum absolute atomic E-state index is 13.3. The van der Waals surface area contributed by atoms with Crippen molar-refractivity contribution < 1.29 is 21.6 Å². The second-order valence-corrected chi connectivity index (χ2v) is 12.9. The normalized spacial score (nSPS) is 12.4. The molecule has 0 saturated carbocycles. The van der Waals surface area contributed by atoms with Crippen molar-refractivity contribution in [2.24, 2.45) is 0 Å². The first-order chi connectivity index (χ1) is 16.1. The lowest BCUT2D eigenvalue weighted by molar-refractivity contribution is -0.118. The van der Waals surface area contributed by atoms with E-state index in [2.05, 4.69) is 9.88 Å². The van der Waals surface area contributed by atoms with Gasteiger partial charge >= 0.3 is 0 Å². The predicted molar refractivity (Wildman–Crippen MR) is 136 cm³/mol. The molecule has 0 N–H and O–H groups in total. The van der Waals surface area contributed by atoms with E-state index in [9.17, 15) is 21.6 Å². The van der Waals surface area contributed by atoms with Gasteiger partial charge in [-0.15, -0.1) is 0 Å². The molecule has 0 spiro atoms. The van der Waals surface area contributed by atoms with Gasteiger partial charge in [0.05, 0.1) is 20.2 Å². The van der Waals surface area contributed by atoms with Gasteiger partial charge in [0.25, 0.3) is 0 Å². The second kappa shape index (κ2) is 10.9. The van der Waals surface area contributed by atoms with Gasteiger partial charge in [0, 0.05) is 25.8 Å². The van der Waals surface area contributed by atoms with E-state index in [1.54, 1.807) is 30.3 Å². The molecule has 0 unspecified atom stereocenters. The van der Waals surface area contributed by atoms with Crippen LogP contribution in [0, 0.1) is 0 Å². The number of sulfone groups is 2. The lowest BCUT2D eigenvalue weighted by atomic mass is 10.3. The third-order valence-electron chi connectivity index (χ3n) is 5.52. The first-order valence-corrected chi connectivity index (χ1v) is 15.3. The number of anilines is 1. The molecule has 0 fully saturated rings. The molecule has 0 aliphatic heterocycles. The number of hydrogen-bond donors (Lipinski definition) is 0. The second-order valence-electron chi connectivity index (χ2n) is 7.83. The van der Waals surface area contributed by atoms with Gasteiger partial charge in [0.2, 0.25) is 5.91 Å². The van der Waals surface area contributed by atoms with Crippen LogP contribution in [-0.2, 0) is 24.5 Å². The van der Waals surface area contributed by atoms with Crippen molar-refractivity contribution in [3.63, 3.8) is 0 Å². The van der Waals surface area contributed by atoms with Crippen molar-refractivity contribution in [2.75, 3.05) is 43.1 Å². The summed E-state index contributed by atoms with van der Waals surface area (Å²) in [5.41, 5.74) is 0.322. The highest BCUT2D eigenvalue weighted by atomic mass is 32.2. The van der Waals surface area contributed by atoms with Crippen LogP contribution in [0.2, 0.25) is 0 Å². The Hall–Kier alpha value is -2.34. The number of likely N-dealkylation sites (N-methyl/N-ethyl adjacent to an activating group) is 1. The monoisotopic (exact) mass is 523 g/mol. The lowest BCUT2D eigenvalue weighted by Crippen LogP contribution is -2.39. The standard InChI is InChI=1S/C23H29N3O5S3/c1-4-25(5-2)15-16-26(21(27)14-17-34(30,31)18-10-7-6-8-11-18)23-24-22-19(32-23)12-9-13-20(22)33(3,28)29/h6-13H,4-5,14-17H2,1-3H3. The maximum Gasteiger partial charge on any atom is 0.229 e. The number of thiazole rings is 1. The molecule has 3 rings (SSSR count). The Balaban J connectivity index is 1.91. The van der Waals surface area contributed by atoms with Crippen LogP contribution in [0.5, 0.6) is 0 Å². The Morgan fingerprint density at radius 1 is 0.941 bits per heavy atom. The van der Waals surface area contributed by atoms with E-state index in [0.29, 0.717) is 28.4 Å². The molecule has 0 radical (unpaired) electrons. The summed E-state index contributed by atoms with van der Waals surface area (Å²) in [7, 11) is -7.12. The molecule has 34 heavy (non-hydrogen) atoms. The molecule has 0 aliphatic rings. The van der Waals surface area contributed by atoms with E-state index in [4.69, 9.17) is 0 Å². The number of benzene rings is 2. The summed E-state index contributed by atoms with van der Waals surface area (Å²) in [4.78, 5) is 21.7. The zero-order chi connectivity index (χ0) is 24.9. The van der Waals surface area contributed by atoms with Gasteiger partial charge < -0.3 is 4.90 Å². The fraction of sp³-hybridized carbons (Fsp3) is 0.391. The maximum atomic E-state index is 13.3. The van der Waals surface area contributed by atoms with Crippen LogP contribution in [0.15, 0.2) is 58.3 Å². The van der Waals surface area contributed by atoms with E-state index in [0.717, 1.165) is 19.3 Å². The van der Waals surface area contributed by atoms with E-state index >= 15 is 0 Å². The predicted octanol–water partition coefficient (Wildman–Crippen LogP) is 3.24. The Labute approximate surface area is 205 Å². The number of amides is 1. The van der Waals surface area contributed by atoms with Gasteiger partial charge in [-0.1, -0.05) is 49.4 Å². The highest BCUT2D eigenvalue weighted by molar-refractivity contribution is 7.91. The SMILES string of the molecule is CCN(CC)CCN(C(=O)CCS(=O)(=O)c1ccccc1)c1nc2c(S(C)(=O)=O)cccc2s1. The fourth-order valence-corrected chi connectivity index (χ4v) is 6.72. The Bertz CT molecular complexity index is 1350. The van der Waals surface area contributed by atoms with Crippen molar-refractivity contribution in [2.45, 2.75) is 30.1 Å². The molecule has 1 heterocycles. The molecule has 8 nitrogen and oxygen atoms in total. The summed E-state index contributed by atoms with van der Waals surface area (Å²) in [6.45, 7) is 6.56. The van der Waals surface area contributed by atoms with Crippen LogP contribution in [0.1, 0.15) is 20.3 Å². The summed E-state index contributed by atoms with van der Waals surface area (Å²) < 4.78 is 50.5. The van der Waals surface area contributed by atoms with Crippen LogP contribution in [0.4, 0.5) is 5.13 Å². The Morgan fingerprint density at radius 3 is 2.24 bits per heavy atom. The molecular formula is C23H29N3O5S3. The number of para-hydroxylation sites is 1. The average Bonchev–Trinajstić information content (AvgIpc) is 3.24. The van der Waals surface area contributed by atoms with E-state index in [-0.39, 0.29) is 27.9 Å². The highest BCUT2D eigenvalue weighted by Gasteiger charge is 2.25. The quantitative estimate of drug-likeness (QED) is 0.380. The molecule has 0 atom stereocenters. The van der Waals surface area contributed by atoms with E-state index in [1.165, 1.54) is 34.4 Å².